The number of hydrogen-bond acceptors (Lipinski definition) is 7. The monoisotopic (exact) mass is 624 g/mol. The van der Waals surface area contributed by atoms with Crippen LogP contribution in [0.15, 0.2) is 59.8 Å². The molecule has 1 aliphatic rings. The molecule has 0 aliphatic carbocycles. The molecule has 0 atom stereocenters. The highest BCUT2D eigenvalue weighted by Crippen LogP contribution is 2.44. The van der Waals surface area contributed by atoms with Gasteiger partial charge in [-0.3, -0.25) is 4.68 Å². The lowest BCUT2D eigenvalue weighted by Crippen LogP contribution is -2.29. The van der Waals surface area contributed by atoms with E-state index in [-0.39, 0.29) is 10.6 Å². The zero-order chi connectivity index (χ0) is 30.2. The Hall–Kier alpha value is -3.75. The van der Waals surface area contributed by atoms with Gasteiger partial charge in [-0.1, -0.05) is 29.8 Å². The van der Waals surface area contributed by atoms with Gasteiger partial charge in [0.15, 0.2) is 5.82 Å². The number of aryl methyl sites for hydroxylation is 1. The molecule has 0 saturated carbocycles. The van der Waals surface area contributed by atoms with Crippen molar-refractivity contribution in [3.63, 3.8) is 0 Å². The van der Waals surface area contributed by atoms with Gasteiger partial charge in [-0.25, -0.2) is 22.5 Å². The molecule has 1 fully saturated rings. The van der Waals surface area contributed by atoms with Crippen molar-refractivity contribution in [1.82, 2.24) is 24.6 Å². The standard InChI is InChI=1S/C27H25ClF4N6O3S/c1-37-12-10-17(11-13-37)16-6-8-18(9-7-16)41-25-22(27(30,31)32)24(20-4-3-5-21(28)23(20)29)34-26(35-25)36-42(39,40)19-14-33-38(2)15-19/h3-9,14-15,17H,10-13H2,1-2H3,(H,34,35,36). The van der Waals surface area contributed by atoms with Crippen LogP contribution in [-0.4, -0.2) is 53.2 Å². The van der Waals surface area contributed by atoms with E-state index in [1.807, 2.05) is 11.8 Å². The van der Waals surface area contributed by atoms with E-state index in [9.17, 15) is 21.6 Å². The minimum absolute atomic E-state index is 0.00876. The van der Waals surface area contributed by atoms with Crippen LogP contribution in [0.3, 0.4) is 0 Å². The van der Waals surface area contributed by atoms with Crippen LogP contribution in [0.2, 0.25) is 5.02 Å². The first-order chi connectivity index (χ1) is 19.8. The number of likely N-dealkylation sites (tertiary alicyclic amines) is 1. The molecule has 4 aromatic rings. The van der Waals surface area contributed by atoms with Gasteiger partial charge >= 0.3 is 6.18 Å². The topological polar surface area (TPSA) is 102 Å². The predicted octanol–water partition coefficient (Wildman–Crippen LogP) is 6.09. The summed E-state index contributed by atoms with van der Waals surface area (Å²) >= 11 is 5.86. The average Bonchev–Trinajstić information content (AvgIpc) is 3.37. The van der Waals surface area contributed by atoms with Gasteiger partial charge in [-0.2, -0.15) is 23.3 Å². The summed E-state index contributed by atoms with van der Waals surface area (Å²) in [5, 5.41) is 3.34. The van der Waals surface area contributed by atoms with Crippen molar-refractivity contribution in [1.29, 1.82) is 0 Å². The molecule has 0 spiro atoms. The number of nitrogens with one attached hydrogen (secondary N) is 1. The molecule has 222 valence electrons. The fraction of sp³-hybridized carbons (Fsp3) is 0.296. The molecule has 9 nitrogen and oxygen atoms in total. The van der Waals surface area contributed by atoms with Crippen LogP contribution in [-0.2, 0) is 23.2 Å². The molecule has 3 heterocycles. The van der Waals surface area contributed by atoms with E-state index in [1.165, 1.54) is 36.1 Å². The van der Waals surface area contributed by atoms with Crippen LogP contribution >= 0.6 is 11.6 Å². The molecule has 0 radical (unpaired) electrons. The summed E-state index contributed by atoms with van der Waals surface area (Å²) in [4.78, 5) is 9.49. The van der Waals surface area contributed by atoms with Crippen LogP contribution in [0.1, 0.15) is 29.9 Å². The van der Waals surface area contributed by atoms with Gasteiger partial charge in [0.25, 0.3) is 10.0 Å². The summed E-state index contributed by atoms with van der Waals surface area (Å²) in [6.45, 7) is 1.86. The molecule has 2 aromatic carbocycles. The van der Waals surface area contributed by atoms with E-state index >= 15 is 4.39 Å². The number of halogens is 5. The lowest BCUT2D eigenvalue weighted by atomic mass is 9.90. The van der Waals surface area contributed by atoms with Crippen molar-refractivity contribution in [3.05, 3.63) is 76.8 Å². The number of aromatic nitrogens is 4. The number of piperidine rings is 1. The third-order valence-electron chi connectivity index (χ3n) is 6.87. The van der Waals surface area contributed by atoms with Gasteiger partial charge in [0, 0.05) is 18.8 Å². The Kier molecular flexibility index (Phi) is 8.14. The highest BCUT2D eigenvalue weighted by atomic mass is 35.5. The maximum Gasteiger partial charge on any atom is 0.423 e. The number of benzene rings is 2. The van der Waals surface area contributed by atoms with Gasteiger partial charge in [-0.05, 0) is 68.7 Å². The summed E-state index contributed by atoms with van der Waals surface area (Å²) in [6.07, 6.45) is -1.04. The van der Waals surface area contributed by atoms with Crippen LogP contribution < -0.4 is 9.46 Å². The summed E-state index contributed by atoms with van der Waals surface area (Å²) in [5.41, 5.74) is -2.07. The molecule has 5 rings (SSSR count). The van der Waals surface area contributed by atoms with Crippen LogP contribution in [0, 0.1) is 5.82 Å². The third kappa shape index (κ3) is 6.35. The Labute approximate surface area is 244 Å². The smallest absolute Gasteiger partial charge is 0.423 e. The molecule has 0 amide bonds. The van der Waals surface area contributed by atoms with Gasteiger partial charge in [0.1, 0.15) is 16.2 Å². The van der Waals surface area contributed by atoms with E-state index in [4.69, 9.17) is 16.3 Å². The molecule has 15 heteroatoms. The van der Waals surface area contributed by atoms with E-state index < -0.39 is 55.7 Å². The number of hydrogen-bond donors (Lipinski definition) is 1. The second-order valence-corrected chi connectivity index (χ2v) is 12.0. The van der Waals surface area contributed by atoms with Gasteiger partial charge in [0.2, 0.25) is 11.8 Å². The Morgan fingerprint density at radius 2 is 1.74 bits per heavy atom. The van der Waals surface area contributed by atoms with Crippen molar-refractivity contribution in [2.75, 3.05) is 24.9 Å². The Morgan fingerprint density at radius 3 is 2.36 bits per heavy atom. The molecular formula is C27H25ClF4N6O3S. The largest absolute Gasteiger partial charge is 0.438 e. The summed E-state index contributed by atoms with van der Waals surface area (Å²) in [7, 11) is -0.861. The molecule has 1 N–H and O–H groups in total. The van der Waals surface area contributed by atoms with Crippen molar-refractivity contribution in [2.24, 2.45) is 7.05 Å². The average molecular weight is 625 g/mol. The Morgan fingerprint density at radius 1 is 1.05 bits per heavy atom. The normalized spacial score (nSPS) is 15.1. The minimum Gasteiger partial charge on any atom is -0.438 e. The molecule has 0 unspecified atom stereocenters. The predicted molar refractivity (Wildman–Crippen MR) is 147 cm³/mol. The van der Waals surface area contributed by atoms with Crippen molar-refractivity contribution >= 4 is 27.6 Å². The molecule has 1 aliphatic heterocycles. The van der Waals surface area contributed by atoms with Crippen LogP contribution in [0.25, 0.3) is 11.3 Å². The number of alkyl halides is 3. The van der Waals surface area contributed by atoms with Gasteiger partial charge in [-0.15, -0.1) is 0 Å². The highest BCUT2D eigenvalue weighted by molar-refractivity contribution is 7.92. The first kappa shape index (κ1) is 29.7. The van der Waals surface area contributed by atoms with Crippen molar-refractivity contribution in [3.8, 4) is 22.9 Å². The van der Waals surface area contributed by atoms with Gasteiger partial charge in [0.05, 0.1) is 16.9 Å². The van der Waals surface area contributed by atoms with Gasteiger partial charge < -0.3 is 9.64 Å². The summed E-state index contributed by atoms with van der Waals surface area (Å²) < 4.78 is 93.4. The SMILES string of the molecule is CN1CCC(c2ccc(Oc3nc(NS(=O)(=O)c4cnn(C)c4)nc(-c4cccc(Cl)c4F)c3C(F)(F)F)cc2)CC1. The quantitative estimate of drug-likeness (QED) is 0.248. The van der Waals surface area contributed by atoms with Crippen molar-refractivity contribution < 1.29 is 30.7 Å². The van der Waals surface area contributed by atoms with E-state index in [1.54, 1.807) is 12.1 Å². The number of rotatable bonds is 7. The number of ether oxygens (including phenoxy) is 1. The third-order valence-corrected chi connectivity index (χ3v) is 8.44. The lowest BCUT2D eigenvalue weighted by Gasteiger charge is -2.29. The fourth-order valence-electron chi connectivity index (χ4n) is 4.68. The molecule has 0 bridgehead atoms. The number of anilines is 1. The molecule has 1 saturated heterocycles. The van der Waals surface area contributed by atoms with Crippen molar-refractivity contribution in [2.45, 2.75) is 29.8 Å². The lowest BCUT2D eigenvalue weighted by molar-refractivity contribution is -0.138. The molecule has 2 aromatic heterocycles. The van der Waals surface area contributed by atoms with Crippen LogP contribution in [0.5, 0.6) is 11.6 Å². The second kappa shape index (κ2) is 11.5. The second-order valence-electron chi connectivity index (χ2n) is 9.88. The Bertz CT molecular complexity index is 1710. The fourth-order valence-corrected chi connectivity index (χ4v) is 5.78. The van der Waals surface area contributed by atoms with E-state index in [0.717, 1.165) is 49.8 Å². The van der Waals surface area contributed by atoms with Crippen LogP contribution in [0.4, 0.5) is 23.5 Å². The maximum absolute atomic E-state index is 15.0. The number of sulfonamides is 1. The summed E-state index contributed by atoms with van der Waals surface area (Å²) in [5.74, 6) is -2.68. The highest BCUT2D eigenvalue weighted by Gasteiger charge is 2.41. The minimum atomic E-state index is -5.13. The molecule has 42 heavy (non-hydrogen) atoms. The maximum atomic E-state index is 15.0. The zero-order valence-electron chi connectivity index (χ0n) is 22.4. The Balaban J connectivity index is 1.60. The summed E-state index contributed by atoms with van der Waals surface area (Å²) in [6, 6.07) is 9.99. The van der Waals surface area contributed by atoms with E-state index in [2.05, 4.69) is 20.0 Å². The number of nitrogens with zero attached hydrogens (tertiary/aromatic N) is 5. The first-order valence-corrected chi connectivity index (χ1v) is 14.6. The first-order valence-electron chi connectivity index (χ1n) is 12.7. The molecular weight excluding hydrogens is 600 g/mol. The van der Waals surface area contributed by atoms with E-state index in [0.29, 0.717) is 5.92 Å². The zero-order valence-corrected chi connectivity index (χ0v) is 23.9.